The number of halogens is 3. The predicted octanol–water partition coefficient (Wildman–Crippen LogP) is 1.76. The van der Waals surface area contributed by atoms with Crippen LogP contribution in [-0.4, -0.2) is 17.3 Å². The van der Waals surface area contributed by atoms with E-state index < -0.39 is 12.3 Å². The highest BCUT2D eigenvalue weighted by Gasteiger charge is 2.34. The first kappa shape index (κ1) is 9.50. The molecule has 0 unspecified atom stereocenters. The van der Waals surface area contributed by atoms with Gasteiger partial charge < -0.3 is 4.74 Å². The van der Waals surface area contributed by atoms with E-state index in [4.69, 9.17) is 0 Å². The molecule has 0 saturated heterocycles. The van der Waals surface area contributed by atoms with Gasteiger partial charge in [-0.05, 0) is 12.1 Å². The molecule has 0 aliphatic rings. The molecule has 0 aliphatic heterocycles. The first-order valence-corrected chi connectivity index (χ1v) is 3.20. The highest BCUT2D eigenvalue weighted by atomic mass is 19.4. The van der Waals surface area contributed by atoms with E-state index in [1.165, 1.54) is 18.3 Å². The normalized spacial score (nSPS) is 11.0. The van der Waals surface area contributed by atoms with Gasteiger partial charge in [0.15, 0.2) is 0 Å². The molecule has 13 heavy (non-hydrogen) atoms. The fourth-order valence-corrected chi connectivity index (χ4v) is 0.641. The first-order valence-electron chi connectivity index (χ1n) is 3.20. The number of ether oxygens (including phenoxy) is 1. The second-order valence-electron chi connectivity index (χ2n) is 2.05. The summed E-state index contributed by atoms with van der Waals surface area (Å²) < 4.78 is 37.7. The van der Waals surface area contributed by atoms with Crippen molar-refractivity contribution in [2.45, 2.75) is 6.36 Å². The second kappa shape index (κ2) is 3.42. The van der Waals surface area contributed by atoms with Crippen molar-refractivity contribution in [1.82, 2.24) is 4.98 Å². The van der Waals surface area contributed by atoms with Gasteiger partial charge >= 0.3 is 12.3 Å². The van der Waals surface area contributed by atoms with E-state index in [1.54, 1.807) is 0 Å². The Balaban J connectivity index is 2.71. The van der Waals surface area contributed by atoms with E-state index in [2.05, 4.69) is 9.72 Å². The average Bonchev–Trinajstić information content (AvgIpc) is 2.03. The summed E-state index contributed by atoms with van der Waals surface area (Å²) in [5.74, 6) is -1.51. The van der Waals surface area contributed by atoms with Crippen molar-refractivity contribution in [3.63, 3.8) is 0 Å². The molecule has 0 bridgehead atoms. The van der Waals surface area contributed by atoms with E-state index in [0.29, 0.717) is 0 Å². The van der Waals surface area contributed by atoms with E-state index in [-0.39, 0.29) is 5.69 Å². The highest BCUT2D eigenvalue weighted by molar-refractivity contribution is 5.87. The van der Waals surface area contributed by atoms with E-state index in [9.17, 15) is 18.0 Å². The van der Waals surface area contributed by atoms with Gasteiger partial charge in [-0.2, -0.15) is 0 Å². The zero-order valence-electron chi connectivity index (χ0n) is 6.21. The smallest absolute Gasteiger partial charge is 0.368 e. The summed E-state index contributed by atoms with van der Waals surface area (Å²) in [5, 5.41) is 0. The lowest BCUT2D eigenvalue weighted by Crippen LogP contribution is -2.20. The maximum Gasteiger partial charge on any atom is 0.575 e. The van der Waals surface area contributed by atoms with Crippen LogP contribution in [-0.2, 0) is 4.74 Å². The molecule has 70 valence electrons. The summed E-state index contributed by atoms with van der Waals surface area (Å²) >= 11 is 0. The molecule has 0 aliphatic carbocycles. The molecule has 6 heteroatoms. The minimum absolute atomic E-state index is 0.375. The molecule has 1 aromatic heterocycles. The molecule has 0 atom stereocenters. The zero-order chi connectivity index (χ0) is 9.90. The average molecular weight is 191 g/mol. The first-order chi connectivity index (χ1) is 5.99. The Morgan fingerprint density at radius 3 is 2.54 bits per heavy atom. The number of pyridine rings is 1. The van der Waals surface area contributed by atoms with Crippen molar-refractivity contribution in [1.29, 1.82) is 0 Å². The largest absolute Gasteiger partial charge is 0.575 e. The molecular weight excluding hydrogens is 187 g/mol. The SMILES string of the molecule is O=C(OC(F)(F)F)c1ccccn1. The van der Waals surface area contributed by atoms with Gasteiger partial charge in [-0.25, -0.2) is 9.78 Å². The molecule has 0 radical (unpaired) electrons. The van der Waals surface area contributed by atoms with Gasteiger partial charge in [0.25, 0.3) is 0 Å². The molecule has 0 saturated carbocycles. The number of hydrogen-bond acceptors (Lipinski definition) is 3. The van der Waals surface area contributed by atoms with E-state index in [1.807, 2.05) is 0 Å². The number of aromatic nitrogens is 1. The van der Waals surface area contributed by atoms with Crippen LogP contribution in [0.1, 0.15) is 10.5 Å². The third kappa shape index (κ3) is 3.10. The van der Waals surface area contributed by atoms with Crippen molar-refractivity contribution in [2.75, 3.05) is 0 Å². The number of esters is 1. The third-order valence-corrected chi connectivity index (χ3v) is 1.08. The Morgan fingerprint density at radius 2 is 2.08 bits per heavy atom. The number of carbonyl (C=O) groups is 1. The molecule has 0 aromatic carbocycles. The molecular formula is C7H4F3NO2. The topological polar surface area (TPSA) is 39.2 Å². The van der Waals surface area contributed by atoms with Crippen molar-refractivity contribution in [2.24, 2.45) is 0 Å². The second-order valence-corrected chi connectivity index (χ2v) is 2.05. The lowest BCUT2D eigenvalue weighted by atomic mass is 10.4. The molecule has 1 heterocycles. The number of nitrogens with zero attached hydrogens (tertiary/aromatic N) is 1. The number of alkyl halides is 3. The summed E-state index contributed by atoms with van der Waals surface area (Å²) in [6, 6.07) is 4.00. The molecule has 0 N–H and O–H groups in total. The standard InChI is InChI=1S/C7H4F3NO2/c8-7(9,10)13-6(12)5-3-1-2-4-11-5/h1-4H. The molecule has 0 amide bonds. The van der Waals surface area contributed by atoms with Crippen molar-refractivity contribution < 1.29 is 22.7 Å². The van der Waals surface area contributed by atoms with E-state index >= 15 is 0 Å². The molecule has 3 nitrogen and oxygen atoms in total. The fraction of sp³-hybridized carbons (Fsp3) is 0.143. The van der Waals surface area contributed by atoms with Crippen LogP contribution in [0.4, 0.5) is 13.2 Å². The van der Waals surface area contributed by atoms with Crippen LogP contribution in [0.3, 0.4) is 0 Å². The molecule has 1 rings (SSSR count). The Hall–Kier alpha value is -1.59. The molecule has 0 fully saturated rings. The quantitative estimate of drug-likeness (QED) is 0.635. The number of hydrogen-bond donors (Lipinski definition) is 0. The lowest BCUT2D eigenvalue weighted by molar-refractivity contribution is -0.292. The Kier molecular flexibility index (Phi) is 2.50. The number of rotatable bonds is 1. The van der Waals surface area contributed by atoms with Crippen molar-refractivity contribution in [3.05, 3.63) is 30.1 Å². The molecule has 0 spiro atoms. The summed E-state index contributed by atoms with van der Waals surface area (Å²) in [6.45, 7) is 0. The lowest BCUT2D eigenvalue weighted by Gasteiger charge is -2.05. The summed E-state index contributed by atoms with van der Waals surface area (Å²) in [4.78, 5) is 14.0. The van der Waals surface area contributed by atoms with Gasteiger partial charge in [0, 0.05) is 6.20 Å². The highest BCUT2D eigenvalue weighted by Crippen LogP contribution is 2.17. The van der Waals surface area contributed by atoms with Crippen LogP contribution in [0.5, 0.6) is 0 Å². The van der Waals surface area contributed by atoms with Crippen LogP contribution in [0.15, 0.2) is 24.4 Å². The zero-order valence-corrected chi connectivity index (χ0v) is 6.21. The van der Waals surface area contributed by atoms with Crippen LogP contribution < -0.4 is 0 Å². The summed E-state index contributed by atoms with van der Waals surface area (Å²) in [6.07, 6.45) is -3.76. The fourth-order valence-electron chi connectivity index (χ4n) is 0.641. The number of carbonyl (C=O) groups excluding carboxylic acids is 1. The van der Waals surface area contributed by atoms with Gasteiger partial charge in [-0.15, -0.1) is 13.2 Å². The van der Waals surface area contributed by atoms with E-state index in [0.717, 1.165) is 6.07 Å². The Bertz CT molecular complexity index is 296. The van der Waals surface area contributed by atoms with Gasteiger partial charge in [-0.3, -0.25) is 0 Å². The van der Waals surface area contributed by atoms with Crippen molar-refractivity contribution >= 4 is 5.97 Å². The maximum atomic E-state index is 11.5. The maximum absolute atomic E-state index is 11.5. The van der Waals surface area contributed by atoms with Crippen LogP contribution in [0, 0.1) is 0 Å². The minimum atomic E-state index is -4.96. The van der Waals surface area contributed by atoms with Crippen LogP contribution >= 0.6 is 0 Å². The van der Waals surface area contributed by atoms with Gasteiger partial charge in [0.05, 0.1) is 0 Å². The minimum Gasteiger partial charge on any atom is -0.368 e. The van der Waals surface area contributed by atoms with Crippen molar-refractivity contribution in [3.8, 4) is 0 Å². The third-order valence-electron chi connectivity index (χ3n) is 1.08. The monoisotopic (exact) mass is 191 g/mol. The van der Waals surface area contributed by atoms with Crippen LogP contribution in [0.2, 0.25) is 0 Å². The van der Waals surface area contributed by atoms with Gasteiger partial charge in [0.2, 0.25) is 0 Å². The van der Waals surface area contributed by atoms with Crippen LogP contribution in [0.25, 0.3) is 0 Å². The molecule has 1 aromatic rings. The Morgan fingerprint density at radius 1 is 1.38 bits per heavy atom. The van der Waals surface area contributed by atoms with Gasteiger partial charge in [0.1, 0.15) is 5.69 Å². The van der Waals surface area contributed by atoms with Gasteiger partial charge in [-0.1, -0.05) is 6.07 Å². The summed E-state index contributed by atoms with van der Waals surface area (Å²) in [5.41, 5.74) is -0.375. The Labute approximate surface area is 71.2 Å². The summed E-state index contributed by atoms with van der Waals surface area (Å²) in [7, 11) is 0. The predicted molar refractivity (Wildman–Crippen MR) is 35.7 cm³/mol.